The van der Waals surface area contributed by atoms with Crippen molar-refractivity contribution in [3.63, 3.8) is 0 Å². The largest absolute Gasteiger partial charge is 0.483 e. The molecule has 8 heteroatoms. The third kappa shape index (κ3) is 5.47. The molecule has 0 bridgehead atoms. The summed E-state index contributed by atoms with van der Waals surface area (Å²) in [5.74, 6) is 1.71. The Hall–Kier alpha value is -1.12. The van der Waals surface area contributed by atoms with Crippen LogP contribution in [0.5, 0.6) is 5.75 Å². The van der Waals surface area contributed by atoms with Gasteiger partial charge in [-0.3, -0.25) is 10.1 Å². The van der Waals surface area contributed by atoms with Gasteiger partial charge < -0.3 is 4.74 Å². The number of thioether (sulfide) groups is 1. The van der Waals surface area contributed by atoms with Crippen molar-refractivity contribution in [2.45, 2.75) is 31.0 Å². The van der Waals surface area contributed by atoms with E-state index in [9.17, 15) is 4.79 Å². The molecule has 0 aliphatic rings. The lowest BCUT2D eigenvalue weighted by atomic mass is 10.0. The van der Waals surface area contributed by atoms with Crippen LogP contribution in [0.15, 0.2) is 27.0 Å². The second-order valence-electron chi connectivity index (χ2n) is 4.98. The van der Waals surface area contributed by atoms with Crippen molar-refractivity contribution < 1.29 is 9.53 Å². The van der Waals surface area contributed by atoms with Crippen LogP contribution in [0.3, 0.4) is 0 Å². The van der Waals surface area contributed by atoms with Crippen LogP contribution in [-0.4, -0.2) is 28.5 Å². The van der Waals surface area contributed by atoms with Gasteiger partial charge in [-0.05, 0) is 35.4 Å². The van der Waals surface area contributed by atoms with Crippen LogP contribution in [0, 0.1) is 0 Å². The molecule has 0 aliphatic heterocycles. The molecule has 5 nitrogen and oxygen atoms in total. The minimum absolute atomic E-state index is 0.0583. The molecule has 0 saturated carbocycles. The fourth-order valence-corrected chi connectivity index (χ4v) is 3.89. The molecule has 1 amide bonds. The molecule has 1 aromatic carbocycles. The van der Waals surface area contributed by atoms with Gasteiger partial charge in [0.15, 0.2) is 10.9 Å². The Kier molecular flexibility index (Phi) is 6.86. The second-order valence-corrected chi connectivity index (χ2v) is 8.38. The first-order chi connectivity index (χ1) is 11.0. The highest BCUT2D eigenvalue weighted by molar-refractivity contribution is 9.10. The molecule has 0 saturated heterocycles. The van der Waals surface area contributed by atoms with Crippen molar-refractivity contribution >= 4 is 50.1 Å². The molecular weight excluding hydrogens is 398 g/mol. The summed E-state index contributed by atoms with van der Waals surface area (Å²) >= 11 is 6.42. The number of nitrogens with one attached hydrogen (secondary N) is 1. The Morgan fingerprint density at radius 1 is 1.43 bits per heavy atom. The van der Waals surface area contributed by atoms with E-state index in [0.717, 1.165) is 25.9 Å². The van der Waals surface area contributed by atoms with Crippen molar-refractivity contribution in [2.24, 2.45) is 0 Å². The molecule has 0 fully saturated rings. The van der Waals surface area contributed by atoms with E-state index in [-0.39, 0.29) is 12.5 Å². The summed E-state index contributed by atoms with van der Waals surface area (Å²) in [7, 11) is 0. The second kappa shape index (κ2) is 8.65. The first kappa shape index (κ1) is 18.2. The maximum absolute atomic E-state index is 12.0. The topological polar surface area (TPSA) is 64.1 Å². The number of carbonyl (C=O) groups excluding carboxylic acids is 1. The number of ether oxygens (including phenoxy) is 1. The van der Waals surface area contributed by atoms with Gasteiger partial charge in [0.2, 0.25) is 5.13 Å². The molecule has 0 aliphatic carbocycles. The number of hydrogen-bond acceptors (Lipinski definition) is 6. The van der Waals surface area contributed by atoms with Crippen molar-refractivity contribution in [3.8, 4) is 5.75 Å². The Morgan fingerprint density at radius 2 is 2.22 bits per heavy atom. The third-order valence-electron chi connectivity index (χ3n) is 2.87. The summed E-state index contributed by atoms with van der Waals surface area (Å²) in [5.41, 5.74) is 1.06. The molecule has 124 valence electrons. The zero-order chi connectivity index (χ0) is 16.8. The summed E-state index contributed by atoms with van der Waals surface area (Å²) in [6, 6.07) is 5.78. The quantitative estimate of drug-likeness (QED) is 0.530. The number of carbonyl (C=O) groups is 1. The summed E-state index contributed by atoms with van der Waals surface area (Å²) in [6.45, 7) is 6.16. The number of hydrogen-bond donors (Lipinski definition) is 1. The average molecular weight is 416 g/mol. The zero-order valence-electron chi connectivity index (χ0n) is 13.1. The van der Waals surface area contributed by atoms with E-state index in [1.807, 2.05) is 25.1 Å². The van der Waals surface area contributed by atoms with Crippen LogP contribution in [0.25, 0.3) is 0 Å². The van der Waals surface area contributed by atoms with Crippen LogP contribution in [0.4, 0.5) is 5.13 Å². The molecular formula is C15H18BrN3O2S2. The van der Waals surface area contributed by atoms with Crippen LogP contribution in [0.1, 0.15) is 32.3 Å². The van der Waals surface area contributed by atoms with E-state index in [1.165, 1.54) is 11.3 Å². The number of amides is 1. The van der Waals surface area contributed by atoms with Gasteiger partial charge in [-0.2, -0.15) is 0 Å². The van der Waals surface area contributed by atoms with Gasteiger partial charge in [0.05, 0.1) is 0 Å². The highest BCUT2D eigenvalue weighted by Crippen LogP contribution is 2.29. The Balaban J connectivity index is 1.93. The van der Waals surface area contributed by atoms with Crippen LogP contribution < -0.4 is 10.1 Å². The predicted octanol–water partition coefficient (Wildman–Crippen LogP) is 4.55. The molecule has 0 atom stereocenters. The Labute approximate surface area is 152 Å². The molecule has 1 N–H and O–H groups in total. The van der Waals surface area contributed by atoms with Crippen LogP contribution in [-0.2, 0) is 4.79 Å². The lowest BCUT2D eigenvalue weighted by Gasteiger charge is -2.14. The van der Waals surface area contributed by atoms with E-state index in [0.29, 0.717) is 11.0 Å². The lowest BCUT2D eigenvalue weighted by molar-refractivity contribution is -0.118. The summed E-state index contributed by atoms with van der Waals surface area (Å²) in [5, 5.41) is 11.1. The Morgan fingerprint density at radius 3 is 2.91 bits per heavy atom. The SMILES string of the molecule is CCSc1nnc(NC(=O)COc2ccc(Br)cc2C(C)C)s1. The van der Waals surface area contributed by atoms with Gasteiger partial charge in [-0.25, -0.2) is 0 Å². The monoisotopic (exact) mass is 415 g/mol. The normalized spacial score (nSPS) is 10.8. The smallest absolute Gasteiger partial charge is 0.264 e. The van der Waals surface area contributed by atoms with Gasteiger partial charge in [-0.1, -0.05) is 59.8 Å². The van der Waals surface area contributed by atoms with Gasteiger partial charge in [0.1, 0.15) is 5.75 Å². The van der Waals surface area contributed by atoms with Gasteiger partial charge >= 0.3 is 0 Å². The number of halogens is 1. The highest BCUT2D eigenvalue weighted by atomic mass is 79.9. The van der Waals surface area contributed by atoms with Gasteiger partial charge in [0, 0.05) is 4.47 Å². The Bertz CT molecular complexity index is 676. The van der Waals surface area contributed by atoms with E-state index in [4.69, 9.17) is 4.74 Å². The summed E-state index contributed by atoms with van der Waals surface area (Å²) in [6.07, 6.45) is 0. The third-order valence-corrected chi connectivity index (χ3v) is 5.22. The molecule has 2 aromatic rings. The predicted molar refractivity (Wildman–Crippen MR) is 98.7 cm³/mol. The minimum Gasteiger partial charge on any atom is -0.483 e. The average Bonchev–Trinajstić information content (AvgIpc) is 2.93. The van der Waals surface area contributed by atoms with E-state index < -0.39 is 0 Å². The zero-order valence-corrected chi connectivity index (χ0v) is 16.3. The maximum Gasteiger partial charge on any atom is 0.264 e. The number of benzene rings is 1. The molecule has 23 heavy (non-hydrogen) atoms. The lowest BCUT2D eigenvalue weighted by Crippen LogP contribution is -2.20. The summed E-state index contributed by atoms with van der Waals surface area (Å²) < 4.78 is 7.50. The number of aromatic nitrogens is 2. The molecule has 1 heterocycles. The standard InChI is InChI=1S/C15H18BrN3O2S2/c1-4-22-15-19-18-14(23-15)17-13(20)8-21-12-6-5-10(16)7-11(12)9(2)3/h5-7,9H,4,8H2,1-3H3,(H,17,18,20). The van der Waals surface area contributed by atoms with E-state index in [1.54, 1.807) is 11.8 Å². The number of rotatable bonds is 7. The van der Waals surface area contributed by atoms with Crippen molar-refractivity contribution in [1.29, 1.82) is 0 Å². The fraction of sp³-hybridized carbons (Fsp3) is 0.400. The first-order valence-electron chi connectivity index (χ1n) is 7.18. The summed E-state index contributed by atoms with van der Waals surface area (Å²) in [4.78, 5) is 12.0. The fourth-order valence-electron chi connectivity index (χ4n) is 1.84. The van der Waals surface area contributed by atoms with Crippen molar-refractivity contribution in [1.82, 2.24) is 10.2 Å². The van der Waals surface area contributed by atoms with Crippen LogP contribution >= 0.6 is 39.0 Å². The molecule has 1 aromatic heterocycles. The number of anilines is 1. The highest BCUT2D eigenvalue weighted by Gasteiger charge is 2.12. The maximum atomic E-state index is 12.0. The van der Waals surface area contributed by atoms with Crippen molar-refractivity contribution in [3.05, 3.63) is 28.2 Å². The first-order valence-corrected chi connectivity index (χ1v) is 9.77. The number of nitrogens with zero attached hydrogens (tertiary/aromatic N) is 2. The molecule has 2 rings (SSSR count). The molecule has 0 radical (unpaired) electrons. The van der Waals surface area contributed by atoms with Gasteiger partial charge in [0.25, 0.3) is 5.91 Å². The van der Waals surface area contributed by atoms with Crippen LogP contribution in [0.2, 0.25) is 0 Å². The molecule has 0 spiro atoms. The minimum atomic E-state index is -0.244. The van der Waals surface area contributed by atoms with Gasteiger partial charge in [-0.15, -0.1) is 10.2 Å². The van der Waals surface area contributed by atoms with E-state index >= 15 is 0 Å². The molecule has 0 unspecified atom stereocenters. The van der Waals surface area contributed by atoms with E-state index in [2.05, 4.69) is 45.3 Å². The van der Waals surface area contributed by atoms with Crippen molar-refractivity contribution in [2.75, 3.05) is 17.7 Å².